The summed E-state index contributed by atoms with van der Waals surface area (Å²) in [6.45, 7) is 1.98. The molecule has 0 radical (unpaired) electrons. The fraction of sp³-hybridized carbons (Fsp3) is 0.125. The molecule has 5 aromatic rings. The molecule has 5 rings (SSSR count). The first-order valence-corrected chi connectivity index (χ1v) is 12.6. The van der Waals surface area contributed by atoms with Gasteiger partial charge in [0.1, 0.15) is 23.0 Å². The van der Waals surface area contributed by atoms with Crippen molar-refractivity contribution < 1.29 is 44.3 Å². The lowest BCUT2D eigenvalue weighted by molar-refractivity contribution is -0.191. The van der Waals surface area contributed by atoms with Gasteiger partial charge in [-0.25, -0.2) is 26.3 Å². The van der Waals surface area contributed by atoms with Crippen molar-refractivity contribution in [1.29, 1.82) is 0 Å². The summed E-state index contributed by atoms with van der Waals surface area (Å²) in [5.41, 5.74) is -1.18. The van der Waals surface area contributed by atoms with Crippen LogP contribution in [-0.4, -0.2) is 0 Å². The largest absolute Gasteiger partial charge is 0.432 e. The van der Waals surface area contributed by atoms with Crippen LogP contribution in [0.25, 0.3) is 33.0 Å². The third-order valence-electron chi connectivity index (χ3n) is 6.72. The molecule has 0 bridgehead atoms. The van der Waals surface area contributed by atoms with Crippen molar-refractivity contribution in [3.05, 3.63) is 125 Å². The molecule has 0 aliphatic rings. The molecule has 0 spiro atoms. The van der Waals surface area contributed by atoms with E-state index in [1.54, 1.807) is 24.3 Å². The van der Waals surface area contributed by atoms with Crippen molar-refractivity contribution in [3.63, 3.8) is 0 Å². The first kappa shape index (κ1) is 29.0. The average molecular weight is 590 g/mol. The maximum Gasteiger partial charge on any atom is 0.432 e. The van der Waals surface area contributed by atoms with Gasteiger partial charge in [-0.05, 0) is 64.4 Å². The van der Waals surface area contributed by atoms with Crippen molar-refractivity contribution >= 4 is 10.8 Å². The highest BCUT2D eigenvalue weighted by atomic mass is 19.3. The Kier molecular flexibility index (Phi) is 7.66. The van der Waals surface area contributed by atoms with E-state index in [-0.39, 0.29) is 11.1 Å². The third kappa shape index (κ3) is 5.29. The van der Waals surface area contributed by atoms with Gasteiger partial charge in [0.25, 0.3) is 0 Å². The molecule has 0 saturated heterocycles. The van der Waals surface area contributed by atoms with Gasteiger partial charge in [0.15, 0.2) is 23.2 Å². The summed E-state index contributed by atoms with van der Waals surface area (Å²) in [5, 5.41) is -1.44. The minimum Gasteiger partial charge on any atom is -0.425 e. The van der Waals surface area contributed by atoms with Gasteiger partial charge in [-0.3, -0.25) is 0 Å². The molecule has 216 valence electrons. The Hall–Kier alpha value is -4.47. The summed E-state index contributed by atoms with van der Waals surface area (Å²) < 4.78 is 136. The number of halogens is 9. The van der Waals surface area contributed by atoms with E-state index in [0.29, 0.717) is 35.9 Å². The number of benzene rings is 5. The average Bonchev–Trinajstić information content (AvgIpc) is 2.93. The fourth-order valence-electron chi connectivity index (χ4n) is 4.68. The second kappa shape index (κ2) is 11.1. The summed E-state index contributed by atoms with van der Waals surface area (Å²) >= 11 is 0. The minimum atomic E-state index is -4.82. The van der Waals surface area contributed by atoms with Crippen LogP contribution in [0.5, 0.6) is 5.75 Å². The maximum absolute atomic E-state index is 15.2. The number of aryl methyl sites for hydroxylation is 1. The number of fused-ring (bicyclic) bond motifs is 1. The van der Waals surface area contributed by atoms with E-state index in [1.807, 2.05) is 6.92 Å². The maximum atomic E-state index is 15.2. The quantitative estimate of drug-likeness (QED) is 0.172. The van der Waals surface area contributed by atoms with E-state index in [9.17, 15) is 26.3 Å². The van der Waals surface area contributed by atoms with E-state index >= 15 is 13.2 Å². The molecule has 0 unspecified atom stereocenters. The van der Waals surface area contributed by atoms with Gasteiger partial charge in [0.05, 0.1) is 5.39 Å². The molecule has 0 aliphatic carbocycles. The van der Waals surface area contributed by atoms with Gasteiger partial charge in [-0.2, -0.15) is 13.2 Å². The molecular weight excluding hydrogens is 571 g/mol. The van der Waals surface area contributed by atoms with Crippen molar-refractivity contribution in [2.75, 3.05) is 0 Å². The van der Waals surface area contributed by atoms with E-state index < -0.39 is 74.5 Å². The zero-order valence-electron chi connectivity index (χ0n) is 21.7. The molecular formula is C32H19F9O. The van der Waals surface area contributed by atoms with Crippen LogP contribution in [0.15, 0.2) is 72.8 Å². The lowest BCUT2D eigenvalue weighted by atomic mass is 9.99. The predicted molar refractivity (Wildman–Crippen MR) is 139 cm³/mol. The molecule has 0 atom stereocenters. The van der Waals surface area contributed by atoms with Gasteiger partial charge in [-0.15, -0.1) is 0 Å². The van der Waals surface area contributed by atoms with Crippen molar-refractivity contribution in [2.24, 2.45) is 0 Å². The van der Waals surface area contributed by atoms with Crippen LogP contribution in [0.2, 0.25) is 0 Å². The van der Waals surface area contributed by atoms with Crippen LogP contribution in [0.4, 0.5) is 39.5 Å². The molecule has 0 saturated carbocycles. The van der Waals surface area contributed by atoms with Crippen LogP contribution in [0.3, 0.4) is 0 Å². The number of hydrogen-bond acceptors (Lipinski definition) is 1. The van der Waals surface area contributed by atoms with Crippen LogP contribution < -0.4 is 4.74 Å². The second-order valence-corrected chi connectivity index (χ2v) is 9.54. The Morgan fingerprint density at radius 2 is 1.21 bits per heavy atom. The number of alkyl halides is 2. The van der Waals surface area contributed by atoms with E-state index in [1.165, 1.54) is 0 Å². The van der Waals surface area contributed by atoms with Gasteiger partial charge in [0.2, 0.25) is 5.82 Å². The minimum absolute atomic E-state index is 0.0390. The van der Waals surface area contributed by atoms with Crippen molar-refractivity contribution in [1.82, 2.24) is 0 Å². The molecule has 0 aliphatic heterocycles. The van der Waals surface area contributed by atoms with Crippen LogP contribution >= 0.6 is 0 Å². The first-order valence-electron chi connectivity index (χ1n) is 12.6. The number of ether oxygens (including phenoxy) is 1. The highest BCUT2D eigenvalue weighted by molar-refractivity contribution is 5.90. The Balaban J connectivity index is 1.50. The monoisotopic (exact) mass is 590 g/mol. The van der Waals surface area contributed by atoms with Crippen LogP contribution in [0.1, 0.15) is 24.5 Å². The lowest BCUT2D eigenvalue weighted by Crippen LogP contribution is -2.26. The van der Waals surface area contributed by atoms with Gasteiger partial charge in [0, 0.05) is 5.56 Å². The second-order valence-electron chi connectivity index (χ2n) is 9.54. The number of hydrogen-bond donors (Lipinski definition) is 0. The molecule has 0 fully saturated rings. The molecule has 5 aromatic carbocycles. The molecule has 42 heavy (non-hydrogen) atoms. The standard InChI is InChI=1S/C32H19F9O/c1-2-3-16-4-6-17(7-5-16)20-13-24(35)28(25(36)14-20)32(40,41)42-26-15-19-8-10-21(18-9-11-22(33)23(34)12-18)29(37)27(19)31(39)30(26)38/h4-15H,2-3H2,1H3. The lowest BCUT2D eigenvalue weighted by Gasteiger charge is -2.21. The zero-order chi connectivity index (χ0) is 30.3. The Bertz CT molecular complexity index is 1790. The Morgan fingerprint density at radius 1 is 0.595 bits per heavy atom. The van der Waals surface area contributed by atoms with Crippen LogP contribution in [0, 0.1) is 40.7 Å². The molecule has 0 heterocycles. The molecule has 0 N–H and O–H groups in total. The third-order valence-corrected chi connectivity index (χ3v) is 6.72. The topological polar surface area (TPSA) is 9.23 Å². The summed E-state index contributed by atoms with van der Waals surface area (Å²) in [6, 6.07) is 12.9. The Morgan fingerprint density at radius 3 is 1.83 bits per heavy atom. The van der Waals surface area contributed by atoms with Gasteiger partial charge >= 0.3 is 6.11 Å². The number of rotatable bonds is 7. The predicted octanol–water partition coefficient (Wildman–Crippen LogP) is 10.2. The van der Waals surface area contributed by atoms with Gasteiger partial charge in [-0.1, -0.05) is 55.8 Å². The molecule has 10 heteroatoms. The SMILES string of the molecule is CCCc1ccc(-c2cc(F)c(C(F)(F)Oc3cc4ccc(-c5ccc(F)c(F)c5)c(F)c4c(F)c3F)c(F)c2)cc1. The molecule has 0 amide bonds. The van der Waals surface area contributed by atoms with E-state index in [2.05, 4.69) is 4.74 Å². The van der Waals surface area contributed by atoms with Crippen molar-refractivity contribution in [2.45, 2.75) is 25.9 Å². The molecule has 0 aromatic heterocycles. The first-order chi connectivity index (χ1) is 19.9. The summed E-state index contributed by atoms with van der Waals surface area (Å²) in [6.07, 6.45) is -3.16. The highest BCUT2D eigenvalue weighted by Gasteiger charge is 2.42. The van der Waals surface area contributed by atoms with E-state index in [4.69, 9.17) is 0 Å². The summed E-state index contributed by atoms with van der Waals surface area (Å²) in [5.74, 6) is -12.8. The zero-order valence-corrected chi connectivity index (χ0v) is 21.7. The highest BCUT2D eigenvalue weighted by Crippen LogP contribution is 2.41. The van der Waals surface area contributed by atoms with Gasteiger partial charge < -0.3 is 4.74 Å². The Labute approximate surface area is 233 Å². The molecule has 1 nitrogen and oxygen atoms in total. The van der Waals surface area contributed by atoms with Crippen LogP contribution in [-0.2, 0) is 12.5 Å². The fourth-order valence-corrected chi connectivity index (χ4v) is 4.68. The van der Waals surface area contributed by atoms with Crippen molar-refractivity contribution in [3.8, 4) is 28.0 Å². The smallest absolute Gasteiger partial charge is 0.425 e. The summed E-state index contributed by atoms with van der Waals surface area (Å²) in [7, 11) is 0. The van der Waals surface area contributed by atoms with E-state index in [0.717, 1.165) is 36.6 Å². The summed E-state index contributed by atoms with van der Waals surface area (Å²) in [4.78, 5) is 0. The normalized spacial score (nSPS) is 11.8.